The third kappa shape index (κ3) is 4.25. The van der Waals surface area contributed by atoms with Crippen molar-refractivity contribution in [3.63, 3.8) is 0 Å². The average molecular weight is 461 g/mol. The van der Waals surface area contributed by atoms with Gasteiger partial charge in [-0.25, -0.2) is 23.2 Å². The molecule has 1 fully saturated rings. The minimum atomic E-state index is -3.32. The molecule has 2 aromatic heterocycles. The lowest BCUT2D eigenvalue weighted by Crippen LogP contribution is -2.44. The first kappa shape index (κ1) is 20.0. The van der Waals surface area contributed by atoms with Gasteiger partial charge in [-0.15, -0.1) is 0 Å². The normalized spacial score (nSPS) is 18.1. The van der Waals surface area contributed by atoms with Gasteiger partial charge in [0.1, 0.15) is 5.82 Å². The van der Waals surface area contributed by atoms with Crippen molar-refractivity contribution in [2.24, 2.45) is 0 Å². The molecule has 0 N–H and O–H groups in total. The fraction of sp³-hybridized carbons (Fsp3) is 0.562. The highest BCUT2D eigenvalue weighted by molar-refractivity contribution is 9.10. The maximum atomic E-state index is 12.3. The summed E-state index contributed by atoms with van der Waals surface area (Å²) in [7, 11) is -3.32. The lowest BCUT2D eigenvalue weighted by molar-refractivity contribution is 0.0522. The molecule has 0 radical (unpaired) electrons. The molecule has 2 aromatic rings. The van der Waals surface area contributed by atoms with Gasteiger partial charge in [0.25, 0.3) is 0 Å². The smallest absolute Gasteiger partial charge is 0.360 e. The van der Waals surface area contributed by atoms with E-state index in [2.05, 4.69) is 25.9 Å². The monoisotopic (exact) mass is 460 g/mol. The molecule has 3 heterocycles. The number of ether oxygens (including phenoxy) is 2. The van der Waals surface area contributed by atoms with Crippen molar-refractivity contribution >= 4 is 43.2 Å². The topological polar surface area (TPSA) is 103 Å². The number of carbonyl (C=O) groups is 1. The zero-order chi connectivity index (χ0) is 19.8. The van der Waals surface area contributed by atoms with Crippen molar-refractivity contribution in [3.8, 4) is 0 Å². The Balaban J connectivity index is 2.22. The average Bonchev–Trinajstić information content (AvgIpc) is 2.91. The van der Waals surface area contributed by atoms with Crippen LogP contribution in [0.25, 0.3) is 5.65 Å². The van der Waals surface area contributed by atoms with Crippen molar-refractivity contribution in [2.75, 3.05) is 37.5 Å². The number of aromatic nitrogens is 3. The zero-order valence-electron chi connectivity index (χ0n) is 15.3. The Labute approximate surface area is 165 Å². The molecule has 1 aliphatic rings. The lowest BCUT2D eigenvalue weighted by Gasteiger charge is -2.34. The van der Waals surface area contributed by atoms with E-state index in [1.807, 2.05) is 11.8 Å². The number of hydrogen-bond acceptors (Lipinski definition) is 8. The van der Waals surface area contributed by atoms with Crippen LogP contribution >= 0.6 is 15.9 Å². The fourth-order valence-electron chi connectivity index (χ4n) is 3.02. The van der Waals surface area contributed by atoms with Crippen LogP contribution in [0.3, 0.4) is 0 Å². The molecule has 0 unspecified atom stereocenters. The summed E-state index contributed by atoms with van der Waals surface area (Å²) in [6.07, 6.45) is 1.16. The Morgan fingerprint density at radius 1 is 1.44 bits per heavy atom. The van der Waals surface area contributed by atoms with Crippen LogP contribution in [0.1, 0.15) is 30.0 Å². The maximum Gasteiger partial charge on any atom is 0.360 e. The van der Waals surface area contributed by atoms with E-state index in [1.54, 1.807) is 13.0 Å². The minimum Gasteiger partial charge on any atom is -0.461 e. The van der Waals surface area contributed by atoms with Gasteiger partial charge in [-0.3, -0.25) is 4.40 Å². The third-order valence-electron chi connectivity index (χ3n) is 4.16. The molecule has 9 nitrogen and oxygen atoms in total. The summed E-state index contributed by atoms with van der Waals surface area (Å²) in [5.74, 6) is -0.241. The first-order chi connectivity index (χ1) is 12.7. The number of carbonyl (C=O) groups excluding carboxylic acids is 1. The van der Waals surface area contributed by atoms with E-state index < -0.39 is 15.8 Å². The molecule has 1 saturated heterocycles. The summed E-state index contributed by atoms with van der Waals surface area (Å²) in [6.45, 7) is 5.61. The number of imidazole rings is 1. The van der Waals surface area contributed by atoms with Gasteiger partial charge in [-0.05, 0) is 29.8 Å². The summed E-state index contributed by atoms with van der Waals surface area (Å²) >= 11 is 3.30. The minimum absolute atomic E-state index is 0.0428. The molecule has 0 aromatic carbocycles. The largest absolute Gasteiger partial charge is 0.461 e. The first-order valence-electron chi connectivity index (χ1n) is 8.48. The van der Waals surface area contributed by atoms with Crippen LogP contribution in [0.2, 0.25) is 0 Å². The van der Waals surface area contributed by atoms with Gasteiger partial charge < -0.3 is 14.4 Å². The summed E-state index contributed by atoms with van der Waals surface area (Å²) in [5.41, 5.74) is 0.766. The molecule has 1 aliphatic heterocycles. The molecule has 148 valence electrons. The summed E-state index contributed by atoms with van der Waals surface area (Å²) in [5, 5.41) is 0. The van der Waals surface area contributed by atoms with E-state index >= 15 is 0 Å². The Hall–Kier alpha value is -1.72. The first-order valence-corrected chi connectivity index (χ1v) is 11.3. The standard InChI is InChI=1S/C16H21BrN4O5S/c1-4-26-15(22)13-14-18-12(20-5-6-25-8-10(20)2)7-11(9-27(3,23)24)21(14)16(17)19-13/h7,10H,4-6,8-9H2,1-3H3/t10-/m1/s1. The number of anilines is 1. The molecule has 0 spiro atoms. The van der Waals surface area contributed by atoms with Crippen molar-refractivity contribution in [1.82, 2.24) is 14.4 Å². The van der Waals surface area contributed by atoms with Gasteiger partial charge >= 0.3 is 5.97 Å². The van der Waals surface area contributed by atoms with E-state index in [0.29, 0.717) is 36.0 Å². The zero-order valence-corrected chi connectivity index (χ0v) is 17.7. The highest BCUT2D eigenvalue weighted by atomic mass is 79.9. The Morgan fingerprint density at radius 2 is 2.19 bits per heavy atom. The number of sulfone groups is 1. The highest BCUT2D eigenvalue weighted by Gasteiger charge is 2.26. The van der Waals surface area contributed by atoms with Crippen molar-refractivity contribution in [1.29, 1.82) is 0 Å². The van der Waals surface area contributed by atoms with E-state index in [4.69, 9.17) is 9.47 Å². The second-order valence-corrected chi connectivity index (χ2v) is 9.25. The van der Waals surface area contributed by atoms with Crippen LogP contribution in [-0.2, 0) is 25.1 Å². The van der Waals surface area contributed by atoms with Crippen molar-refractivity contribution in [3.05, 3.63) is 22.2 Å². The molecule has 27 heavy (non-hydrogen) atoms. The SMILES string of the molecule is CCOC(=O)c1nc(Br)n2c(CS(C)(=O)=O)cc(N3CCOC[C@H]3C)nc12. The fourth-order valence-corrected chi connectivity index (χ4v) is 4.35. The highest BCUT2D eigenvalue weighted by Crippen LogP contribution is 2.26. The summed E-state index contributed by atoms with van der Waals surface area (Å²) in [4.78, 5) is 23.2. The second-order valence-electron chi connectivity index (χ2n) is 6.40. The number of rotatable bonds is 5. The molecule has 0 bridgehead atoms. The number of esters is 1. The molecular formula is C16H21BrN4O5S. The number of hydrogen-bond donors (Lipinski definition) is 0. The number of halogens is 1. The van der Waals surface area contributed by atoms with E-state index in [-0.39, 0.29) is 29.7 Å². The Kier molecular flexibility index (Phi) is 5.73. The predicted octanol–water partition coefficient (Wildman–Crippen LogP) is 1.44. The van der Waals surface area contributed by atoms with Gasteiger partial charge in [0.2, 0.25) is 0 Å². The molecule has 0 aliphatic carbocycles. The number of morpholine rings is 1. The van der Waals surface area contributed by atoms with Crippen LogP contribution in [0.15, 0.2) is 10.8 Å². The van der Waals surface area contributed by atoms with E-state index in [0.717, 1.165) is 6.26 Å². The lowest BCUT2D eigenvalue weighted by atomic mass is 10.2. The number of nitrogens with zero attached hydrogens (tertiary/aromatic N) is 4. The predicted molar refractivity (Wildman–Crippen MR) is 103 cm³/mol. The van der Waals surface area contributed by atoms with Gasteiger partial charge in [-0.2, -0.15) is 0 Å². The molecule has 1 atom stereocenters. The Bertz CT molecular complexity index is 975. The van der Waals surface area contributed by atoms with Crippen LogP contribution < -0.4 is 4.90 Å². The van der Waals surface area contributed by atoms with Crippen LogP contribution in [0, 0.1) is 0 Å². The quantitative estimate of drug-likeness (QED) is 0.617. The second kappa shape index (κ2) is 7.72. The third-order valence-corrected chi connectivity index (χ3v) is 5.51. The Morgan fingerprint density at radius 3 is 2.81 bits per heavy atom. The molecule has 3 rings (SSSR count). The van der Waals surface area contributed by atoms with Gasteiger partial charge in [0, 0.05) is 24.6 Å². The van der Waals surface area contributed by atoms with Gasteiger partial charge in [0.15, 0.2) is 25.9 Å². The molecule has 0 amide bonds. The molecular weight excluding hydrogens is 440 g/mol. The van der Waals surface area contributed by atoms with E-state index in [1.165, 1.54) is 4.40 Å². The van der Waals surface area contributed by atoms with Gasteiger partial charge in [-0.1, -0.05) is 0 Å². The van der Waals surface area contributed by atoms with Crippen molar-refractivity contribution in [2.45, 2.75) is 25.6 Å². The van der Waals surface area contributed by atoms with Crippen LogP contribution in [0.5, 0.6) is 0 Å². The van der Waals surface area contributed by atoms with Gasteiger partial charge in [0.05, 0.1) is 31.6 Å². The van der Waals surface area contributed by atoms with Crippen molar-refractivity contribution < 1.29 is 22.7 Å². The summed E-state index contributed by atoms with van der Waals surface area (Å²) < 4.78 is 36.3. The maximum absolute atomic E-state index is 12.3. The van der Waals surface area contributed by atoms with Crippen LogP contribution in [0.4, 0.5) is 5.82 Å². The molecule has 0 saturated carbocycles. The summed E-state index contributed by atoms with van der Waals surface area (Å²) in [6, 6.07) is 1.79. The van der Waals surface area contributed by atoms with Crippen LogP contribution in [-0.4, -0.2) is 67.4 Å². The van der Waals surface area contributed by atoms with E-state index in [9.17, 15) is 13.2 Å². The number of fused-ring (bicyclic) bond motifs is 1. The molecule has 11 heteroatoms.